The van der Waals surface area contributed by atoms with Crippen molar-refractivity contribution in [1.82, 2.24) is 5.32 Å². The van der Waals surface area contributed by atoms with Crippen molar-refractivity contribution in [2.75, 3.05) is 0 Å². The Hall–Kier alpha value is -1.83. The standard InChI is InChI=1S/C17H21NO/c1-13(2)18-16(12-14-8-4-3-5-9-14)15-10-6-7-11-17(15)19/h3-6,8-10,13,18H,7,11-12H2,1-2H3/b16-15-. The van der Waals surface area contributed by atoms with Crippen LogP contribution in [0, 0.1) is 0 Å². The molecule has 1 aromatic rings. The van der Waals surface area contributed by atoms with Gasteiger partial charge in [-0.1, -0.05) is 42.5 Å². The first-order valence-electron chi connectivity index (χ1n) is 6.90. The van der Waals surface area contributed by atoms with Gasteiger partial charge in [0, 0.05) is 30.2 Å². The van der Waals surface area contributed by atoms with E-state index in [0.717, 1.165) is 24.1 Å². The second kappa shape index (κ2) is 6.37. The van der Waals surface area contributed by atoms with Crippen LogP contribution in [0.3, 0.4) is 0 Å². The summed E-state index contributed by atoms with van der Waals surface area (Å²) in [5.41, 5.74) is 3.12. The molecule has 1 aliphatic carbocycles. The fourth-order valence-corrected chi connectivity index (χ4v) is 2.28. The Morgan fingerprint density at radius 3 is 2.63 bits per heavy atom. The van der Waals surface area contributed by atoms with Crippen LogP contribution in [0.5, 0.6) is 0 Å². The van der Waals surface area contributed by atoms with Crippen LogP contribution < -0.4 is 5.32 Å². The highest BCUT2D eigenvalue weighted by Gasteiger charge is 2.16. The lowest BCUT2D eigenvalue weighted by atomic mass is 9.95. The van der Waals surface area contributed by atoms with Gasteiger partial charge in [0.15, 0.2) is 5.78 Å². The van der Waals surface area contributed by atoms with Crippen LogP contribution in [0.4, 0.5) is 0 Å². The molecule has 1 aromatic carbocycles. The molecule has 0 saturated heterocycles. The minimum atomic E-state index is 0.251. The van der Waals surface area contributed by atoms with Crippen LogP contribution in [-0.4, -0.2) is 11.8 Å². The molecule has 0 amide bonds. The van der Waals surface area contributed by atoms with E-state index in [9.17, 15) is 4.79 Å². The van der Waals surface area contributed by atoms with Gasteiger partial charge in [0.1, 0.15) is 0 Å². The third kappa shape index (κ3) is 3.82. The molecule has 100 valence electrons. The maximum absolute atomic E-state index is 12.1. The van der Waals surface area contributed by atoms with Gasteiger partial charge < -0.3 is 5.32 Å². The van der Waals surface area contributed by atoms with Crippen LogP contribution in [0.1, 0.15) is 32.3 Å². The molecule has 0 aliphatic heterocycles. The highest BCUT2D eigenvalue weighted by atomic mass is 16.1. The molecule has 0 saturated carbocycles. The SMILES string of the molecule is CC(C)N/C(Cc1ccccc1)=C1/C=CCCC1=O. The quantitative estimate of drug-likeness (QED) is 0.835. The maximum atomic E-state index is 12.1. The molecule has 1 N–H and O–H groups in total. The molecule has 0 heterocycles. The van der Waals surface area contributed by atoms with Gasteiger partial charge in [-0.15, -0.1) is 0 Å². The zero-order valence-electron chi connectivity index (χ0n) is 11.6. The largest absolute Gasteiger partial charge is 0.385 e. The number of carbonyl (C=O) groups excluding carboxylic acids is 1. The number of hydrogen-bond donors (Lipinski definition) is 1. The zero-order chi connectivity index (χ0) is 13.7. The number of carbonyl (C=O) groups is 1. The molecule has 0 unspecified atom stereocenters. The van der Waals surface area contributed by atoms with E-state index >= 15 is 0 Å². The topological polar surface area (TPSA) is 29.1 Å². The third-order valence-electron chi connectivity index (χ3n) is 3.13. The van der Waals surface area contributed by atoms with E-state index in [-0.39, 0.29) is 5.78 Å². The summed E-state index contributed by atoms with van der Waals surface area (Å²) in [4.78, 5) is 12.1. The third-order valence-corrected chi connectivity index (χ3v) is 3.13. The summed E-state index contributed by atoms with van der Waals surface area (Å²) in [7, 11) is 0. The molecule has 0 bridgehead atoms. The first-order valence-corrected chi connectivity index (χ1v) is 6.90. The molecule has 0 fully saturated rings. The summed E-state index contributed by atoms with van der Waals surface area (Å²) >= 11 is 0. The van der Waals surface area contributed by atoms with Crippen molar-refractivity contribution in [2.24, 2.45) is 0 Å². The second-order valence-electron chi connectivity index (χ2n) is 5.22. The van der Waals surface area contributed by atoms with Crippen molar-refractivity contribution in [3.63, 3.8) is 0 Å². The normalized spacial score (nSPS) is 17.7. The van der Waals surface area contributed by atoms with Gasteiger partial charge in [0.25, 0.3) is 0 Å². The van der Waals surface area contributed by atoms with Crippen molar-refractivity contribution in [3.8, 4) is 0 Å². The van der Waals surface area contributed by atoms with Crippen molar-refractivity contribution in [2.45, 2.75) is 39.2 Å². The van der Waals surface area contributed by atoms with Gasteiger partial charge in [0.05, 0.1) is 0 Å². The Balaban J connectivity index is 2.30. The summed E-state index contributed by atoms with van der Waals surface area (Å²) in [5, 5.41) is 3.44. The molecule has 2 rings (SSSR count). The van der Waals surface area contributed by atoms with Gasteiger partial charge in [-0.3, -0.25) is 4.79 Å². The van der Waals surface area contributed by atoms with Crippen LogP contribution >= 0.6 is 0 Å². The summed E-state index contributed by atoms with van der Waals surface area (Å²) in [6, 6.07) is 10.6. The van der Waals surface area contributed by atoms with Crippen LogP contribution in [0.15, 0.2) is 53.8 Å². The molecular weight excluding hydrogens is 234 g/mol. The van der Waals surface area contributed by atoms with E-state index in [1.807, 2.05) is 24.3 Å². The summed E-state index contributed by atoms with van der Waals surface area (Å²) in [5.74, 6) is 0.251. The van der Waals surface area contributed by atoms with Gasteiger partial charge in [-0.05, 0) is 25.8 Å². The molecule has 0 spiro atoms. The number of allylic oxidation sites excluding steroid dienone is 4. The first-order chi connectivity index (χ1) is 9.16. The average molecular weight is 255 g/mol. The summed E-state index contributed by atoms with van der Waals surface area (Å²) in [6.45, 7) is 4.20. The molecule has 0 aromatic heterocycles. The monoisotopic (exact) mass is 255 g/mol. The highest BCUT2D eigenvalue weighted by Crippen LogP contribution is 2.19. The predicted octanol–water partition coefficient (Wildman–Crippen LogP) is 3.40. The lowest BCUT2D eigenvalue weighted by Crippen LogP contribution is -2.26. The molecule has 2 heteroatoms. The Morgan fingerprint density at radius 1 is 1.26 bits per heavy atom. The fraction of sp³-hybridized carbons (Fsp3) is 0.353. The molecule has 0 radical (unpaired) electrons. The predicted molar refractivity (Wildman–Crippen MR) is 78.8 cm³/mol. The van der Waals surface area contributed by atoms with E-state index in [1.54, 1.807) is 0 Å². The number of benzene rings is 1. The molecule has 1 aliphatic rings. The van der Waals surface area contributed by atoms with Crippen LogP contribution in [-0.2, 0) is 11.2 Å². The van der Waals surface area contributed by atoms with Crippen LogP contribution in [0.2, 0.25) is 0 Å². The number of rotatable bonds is 4. The Morgan fingerprint density at radius 2 is 2.00 bits per heavy atom. The summed E-state index contributed by atoms with van der Waals surface area (Å²) < 4.78 is 0. The Kier molecular flexibility index (Phi) is 4.56. The first kappa shape index (κ1) is 13.6. The number of nitrogens with one attached hydrogen (secondary N) is 1. The van der Waals surface area contributed by atoms with Crippen molar-refractivity contribution >= 4 is 5.78 Å². The number of hydrogen-bond acceptors (Lipinski definition) is 2. The van der Waals surface area contributed by atoms with Crippen molar-refractivity contribution in [3.05, 3.63) is 59.3 Å². The van der Waals surface area contributed by atoms with Gasteiger partial charge >= 0.3 is 0 Å². The van der Waals surface area contributed by atoms with E-state index < -0.39 is 0 Å². The van der Waals surface area contributed by atoms with Crippen molar-refractivity contribution < 1.29 is 4.79 Å². The smallest absolute Gasteiger partial charge is 0.164 e. The van der Waals surface area contributed by atoms with E-state index in [1.165, 1.54) is 5.56 Å². The Bertz CT molecular complexity index is 497. The van der Waals surface area contributed by atoms with Gasteiger partial charge in [0.2, 0.25) is 0 Å². The fourth-order valence-electron chi connectivity index (χ4n) is 2.28. The lowest BCUT2D eigenvalue weighted by Gasteiger charge is -2.19. The molecule has 2 nitrogen and oxygen atoms in total. The summed E-state index contributed by atoms with van der Waals surface area (Å²) in [6.07, 6.45) is 6.33. The number of Topliss-reactive ketones (excluding diaryl/α,β-unsaturated/α-hetero) is 1. The highest BCUT2D eigenvalue weighted by molar-refractivity contribution is 5.99. The lowest BCUT2D eigenvalue weighted by molar-refractivity contribution is -0.115. The zero-order valence-corrected chi connectivity index (χ0v) is 11.6. The minimum absolute atomic E-state index is 0.251. The molecule has 19 heavy (non-hydrogen) atoms. The Labute approximate surface area is 115 Å². The van der Waals surface area contributed by atoms with Gasteiger partial charge in [-0.25, -0.2) is 0 Å². The van der Waals surface area contributed by atoms with Crippen LogP contribution in [0.25, 0.3) is 0 Å². The second-order valence-corrected chi connectivity index (χ2v) is 5.22. The van der Waals surface area contributed by atoms with E-state index in [4.69, 9.17) is 0 Å². The number of ketones is 1. The molecular formula is C17H21NO. The maximum Gasteiger partial charge on any atom is 0.164 e. The van der Waals surface area contributed by atoms with Gasteiger partial charge in [-0.2, -0.15) is 0 Å². The minimum Gasteiger partial charge on any atom is -0.385 e. The van der Waals surface area contributed by atoms with Crippen molar-refractivity contribution in [1.29, 1.82) is 0 Å². The van der Waals surface area contributed by atoms with E-state index in [0.29, 0.717) is 12.5 Å². The van der Waals surface area contributed by atoms with E-state index in [2.05, 4.69) is 37.4 Å². The average Bonchev–Trinajstić information content (AvgIpc) is 2.39. The molecule has 0 atom stereocenters.